The molecule has 7 nitrogen and oxygen atoms in total. The Morgan fingerprint density at radius 2 is 1.81 bits per heavy atom. The molecule has 0 spiro atoms. The lowest BCUT2D eigenvalue weighted by atomic mass is 10.00. The summed E-state index contributed by atoms with van der Waals surface area (Å²) in [6, 6.07) is 25.0. The molecule has 4 aromatic carbocycles. The zero-order valence-electron chi connectivity index (χ0n) is 23.9. The van der Waals surface area contributed by atoms with E-state index in [1.54, 1.807) is 56.0 Å². The van der Waals surface area contributed by atoms with Crippen LogP contribution in [0.4, 0.5) is 14.9 Å². The van der Waals surface area contributed by atoms with Crippen LogP contribution in [0.3, 0.4) is 0 Å². The number of aromatic nitrogens is 1. The van der Waals surface area contributed by atoms with Crippen molar-refractivity contribution in [2.24, 2.45) is 0 Å². The van der Waals surface area contributed by atoms with Crippen molar-refractivity contribution in [3.63, 3.8) is 0 Å². The quantitative estimate of drug-likeness (QED) is 0.225. The number of ether oxygens (including phenoxy) is 1. The van der Waals surface area contributed by atoms with Crippen LogP contribution in [-0.2, 0) is 16.1 Å². The number of amides is 2. The van der Waals surface area contributed by atoms with Crippen LogP contribution in [0.25, 0.3) is 32.9 Å². The first-order valence-corrected chi connectivity index (χ1v) is 14.9. The van der Waals surface area contributed by atoms with Crippen LogP contribution in [0.5, 0.6) is 0 Å². The zero-order chi connectivity index (χ0) is 30.3. The molecule has 0 fully saturated rings. The van der Waals surface area contributed by atoms with Gasteiger partial charge in [-0.1, -0.05) is 48.5 Å². The van der Waals surface area contributed by atoms with Crippen molar-refractivity contribution in [1.29, 1.82) is 5.26 Å². The van der Waals surface area contributed by atoms with E-state index in [-0.39, 0.29) is 18.2 Å². The molecule has 1 aliphatic heterocycles. The fraction of sp³-hybridized carbons (Fsp3) is 0.206. The summed E-state index contributed by atoms with van der Waals surface area (Å²) < 4.78 is 21.4. The normalized spacial score (nSPS) is 15.2. The van der Waals surface area contributed by atoms with Crippen molar-refractivity contribution in [3.05, 3.63) is 95.8 Å². The summed E-state index contributed by atoms with van der Waals surface area (Å²) in [7, 11) is 0. The lowest BCUT2D eigenvalue weighted by molar-refractivity contribution is -0.120. The van der Waals surface area contributed by atoms with Gasteiger partial charge in [0, 0.05) is 38.1 Å². The van der Waals surface area contributed by atoms with Gasteiger partial charge in [-0.05, 0) is 56.7 Å². The number of nitrogens with one attached hydrogen (secondary N) is 2. The number of nitriles is 1. The van der Waals surface area contributed by atoms with E-state index in [1.165, 1.54) is 17.8 Å². The van der Waals surface area contributed by atoms with Gasteiger partial charge in [0.15, 0.2) is 0 Å². The minimum Gasteiger partial charge on any atom is -0.444 e. The summed E-state index contributed by atoms with van der Waals surface area (Å²) in [6.45, 7) is 5.41. The summed E-state index contributed by atoms with van der Waals surface area (Å²) >= 11 is 1.30. The van der Waals surface area contributed by atoms with E-state index in [1.807, 2.05) is 42.5 Å². The number of thioether (sulfide) groups is 1. The molecule has 9 heteroatoms. The van der Waals surface area contributed by atoms with Crippen LogP contribution in [0.2, 0.25) is 0 Å². The van der Waals surface area contributed by atoms with Crippen LogP contribution in [0.15, 0.2) is 83.8 Å². The molecule has 0 saturated heterocycles. The first-order chi connectivity index (χ1) is 20.6. The van der Waals surface area contributed by atoms with Crippen LogP contribution in [0, 0.1) is 17.1 Å². The number of hydrogen-bond acceptors (Lipinski definition) is 5. The van der Waals surface area contributed by atoms with Gasteiger partial charge in [-0.25, -0.2) is 9.18 Å². The number of anilines is 1. The molecule has 0 saturated carbocycles. The third kappa shape index (κ3) is 5.66. The Hall–Kier alpha value is -4.81. The highest BCUT2D eigenvalue weighted by Crippen LogP contribution is 2.42. The Bertz CT molecular complexity index is 1920. The van der Waals surface area contributed by atoms with Gasteiger partial charge in [-0.3, -0.25) is 4.79 Å². The number of para-hydroxylation sites is 2. The van der Waals surface area contributed by atoms with Gasteiger partial charge in [0.05, 0.1) is 29.4 Å². The molecule has 1 atom stereocenters. The SMILES string of the molecule is CC(C)(C)OC(=O)N[C@H]1CSc2cc(F)c(-c3cccc4c3[nH]c3ccccc34)cc2N(Cc2ccc(C#N)cc2)C1=O. The molecule has 5 aromatic rings. The second-order valence-corrected chi connectivity index (χ2v) is 12.5. The molecular weight excluding hydrogens is 563 g/mol. The second kappa shape index (κ2) is 11.1. The van der Waals surface area contributed by atoms with Gasteiger partial charge in [0.1, 0.15) is 17.5 Å². The number of hydrogen-bond donors (Lipinski definition) is 2. The average molecular weight is 593 g/mol. The fourth-order valence-corrected chi connectivity index (χ4v) is 6.38. The summed E-state index contributed by atoms with van der Waals surface area (Å²) in [4.78, 5) is 32.4. The van der Waals surface area contributed by atoms with Crippen LogP contribution < -0.4 is 10.2 Å². The second-order valence-electron chi connectivity index (χ2n) is 11.4. The standard InChI is InChI=1S/C34H29FN4O3S/c1-34(2,3)42-33(41)38-28-19-43-30-16-26(35)25(24-9-6-8-23-22-7-4-5-10-27(22)37-31(23)24)15-29(30)39(32(28)40)18-21-13-11-20(17-36)12-14-21/h4-16,28,37H,18-19H2,1-3H3,(H,38,41)/t28-/m0/s1. The predicted octanol–water partition coefficient (Wildman–Crippen LogP) is 7.53. The van der Waals surface area contributed by atoms with Crippen molar-refractivity contribution in [2.45, 2.75) is 43.9 Å². The Balaban J connectivity index is 1.45. The Labute approximate surface area is 252 Å². The number of aromatic amines is 1. The Kier molecular flexibility index (Phi) is 7.32. The average Bonchev–Trinajstić information content (AvgIpc) is 3.31. The number of rotatable bonds is 4. The molecule has 43 heavy (non-hydrogen) atoms. The lowest BCUT2D eigenvalue weighted by Gasteiger charge is -2.27. The van der Waals surface area contributed by atoms with E-state index < -0.39 is 23.6 Å². The van der Waals surface area contributed by atoms with Gasteiger partial charge >= 0.3 is 6.09 Å². The van der Waals surface area contributed by atoms with Crippen molar-refractivity contribution >= 4 is 51.3 Å². The van der Waals surface area contributed by atoms with E-state index in [0.29, 0.717) is 27.3 Å². The first-order valence-electron chi connectivity index (χ1n) is 13.9. The number of nitrogens with zero attached hydrogens (tertiary/aromatic N) is 2. The van der Waals surface area contributed by atoms with Crippen LogP contribution in [0.1, 0.15) is 31.9 Å². The van der Waals surface area contributed by atoms with E-state index in [2.05, 4.69) is 16.4 Å². The number of carbonyl (C=O) groups excluding carboxylic acids is 2. The largest absolute Gasteiger partial charge is 0.444 e. The van der Waals surface area contributed by atoms with Gasteiger partial charge in [-0.15, -0.1) is 11.8 Å². The minimum absolute atomic E-state index is 0.159. The third-order valence-corrected chi connectivity index (χ3v) is 8.39. The van der Waals surface area contributed by atoms with E-state index >= 15 is 4.39 Å². The minimum atomic E-state index is -0.908. The number of benzene rings is 4. The number of H-pyrrole nitrogens is 1. The Morgan fingerprint density at radius 1 is 1.07 bits per heavy atom. The molecule has 0 radical (unpaired) electrons. The molecule has 2 heterocycles. The van der Waals surface area contributed by atoms with Gasteiger partial charge < -0.3 is 19.9 Å². The van der Waals surface area contributed by atoms with Crippen LogP contribution >= 0.6 is 11.8 Å². The zero-order valence-corrected chi connectivity index (χ0v) is 24.7. The molecule has 0 bridgehead atoms. The molecule has 0 aliphatic carbocycles. The van der Waals surface area contributed by atoms with Gasteiger partial charge in [0.2, 0.25) is 0 Å². The van der Waals surface area contributed by atoms with Crippen LogP contribution in [-0.4, -0.2) is 34.4 Å². The van der Waals surface area contributed by atoms with E-state index in [9.17, 15) is 14.9 Å². The third-order valence-electron chi connectivity index (χ3n) is 7.26. The highest BCUT2D eigenvalue weighted by Gasteiger charge is 2.34. The first kappa shape index (κ1) is 28.3. The van der Waals surface area contributed by atoms with Crippen molar-refractivity contribution in [2.75, 3.05) is 10.7 Å². The number of alkyl carbamates (subject to hydrolysis) is 1. The van der Waals surface area contributed by atoms with Crippen molar-refractivity contribution in [3.8, 4) is 17.2 Å². The summed E-state index contributed by atoms with van der Waals surface area (Å²) in [5, 5.41) is 14.0. The van der Waals surface area contributed by atoms with Crippen molar-refractivity contribution in [1.82, 2.24) is 10.3 Å². The fourth-order valence-electron chi connectivity index (χ4n) is 5.31. The molecule has 2 amide bonds. The molecule has 0 unspecified atom stereocenters. The Morgan fingerprint density at radius 3 is 2.56 bits per heavy atom. The van der Waals surface area contributed by atoms with Gasteiger partial charge in [0.25, 0.3) is 5.91 Å². The predicted molar refractivity (Wildman–Crippen MR) is 167 cm³/mol. The lowest BCUT2D eigenvalue weighted by Crippen LogP contribution is -2.50. The number of halogens is 1. The summed E-state index contributed by atoms with van der Waals surface area (Å²) in [5.41, 5.74) is 3.87. The topological polar surface area (TPSA) is 98.2 Å². The molecular formula is C34H29FN4O3S. The maximum absolute atomic E-state index is 16.0. The molecule has 216 valence electrons. The van der Waals surface area contributed by atoms with Crippen molar-refractivity contribution < 1.29 is 18.7 Å². The maximum atomic E-state index is 16.0. The van der Waals surface area contributed by atoms with Gasteiger partial charge in [-0.2, -0.15) is 5.26 Å². The van der Waals surface area contributed by atoms with E-state index in [4.69, 9.17) is 4.74 Å². The highest BCUT2D eigenvalue weighted by molar-refractivity contribution is 7.99. The smallest absolute Gasteiger partial charge is 0.408 e. The van der Waals surface area contributed by atoms with E-state index in [0.717, 1.165) is 27.4 Å². The summed E-state index contributed by atoms with van der Waals surface area (Å²) in [5.74, 6) is -0.560. The molecule has 2 N–H and O–H groups in total. The highest BCUT2D eigenvalue weighted by atomic mass is 32.2. The summed E-state index contributed by atoms with van der Waals surface area (Å²) in [6.07, 6.45) is -0.701. The number of carbonyl (C=O) groups is 2. The number of fused-ring (bicyclic) bond motifs is 4. The molecule has 1 aliphatic rings. The maximum Gasteiger partial charge on any atom is 0.408 e. The molecule has 1 aromatic heterocycles. The molecule has 6 rings (SSSR count). The monoisotopic (exact) mass is 592 g/mol.